The predicted molar refractivity (Wildman–Crippen MR) is 80.9 cm³/mol. The van der Waals surface area contributed by atoms with Gasteiger partial charge in [-0.15, -0.1) is 0 Å². The van der Waals surface area contributed by atoms with Crippen LogP contribution in [0.2, 0.25) is 0 Å². The van der Waals surface area contributed by atoms with Gasteiger partial charge in [0, 0.05) is 43.3 Å². The van der Waals surface area contributed by atoms with Crippen molar-refractivity contribution in [3.63, 3.8) is 0 Å². The molecule has 0 aliphatic carbocycles. The Morgan fingerprint density at radius 1 is 1.20 bits per heavy atom. The number of nitrogens with zero attached hydrogens (tertiary/aromatic N) is 2. The molecule has 2 rings (SSSR count). The first-order chi connectivity index (χ1) is 9.68. The lowest BCUT2D eigenvalue weighted by molar-refractivity contribution is 0.0951. The summed E-state index contributed by atoms with van der Waals surface area (Å²) in [6, 6.07) is 13.8. The molecule has 0 saturated carbocycles. The molecule has 1 N–H and O–H groups in total. The molecule has 4 heteroatoms. The highest BCUT2D eigenvalue weighted by molar-refractivity contribution is 5.93. The van der Waals surface area contributed by atoms with Gasteiger partial charge in [-0.2, -0.15) is 0 Å². The Morgan fingerprint density at radius 2 is 1.85 bits per heavy atom. The third-order valence-electron chi connectivity index (χ3n) is 3.33. The maximum Gasteiger partial charge on any atom is 0.251 e. The molecule has 1 aromatic heterocycles. The van der Waals surface area contributed by atoms with Gasteiger partial charge in [-0.05, 0) is 31.2 Å². The first-order valence-corrected chi connectivity index (χ1v) is 6.64. The highest BCUT2D eigenvalue weighted by atomic mass is 16.1. The summed E-state index contributed by atoms with van der Waals surface area (Å²) in [7, 11) is 2.03. The maximum atomic E-state index is 12.0. The Kier molecular flexibility index (Phi) is 4.71. The van der Waals surface area contributed by atoms with Gasteiger partial charge in [0.2, 0.25) is 0 Å². The van der Waals surface area contributed by atoms with Gasteiger partial charge in [0.05, 0.1) is 0 Å². The number of nitrogens with one attached hydrogen (secondary N) is 1. The van der Waals surface area contributed by atoms with Gasteiger partial charge in [0.1, 0.15) is 0 Å². The van der Waals surface area contributed by atoms with Crippen LogP contribution >= 0.6 is 0 Å². The summed E-state index contributed by atoms with van der Waals surface area (Å²) in [4.78, 5) is 18.0. The van der Waals surface area contributed by atoms with E-state index in [1.807, 2.05) is 25.2 Å². The van der Waals surface area contributed by atoms with Crippen LogP contribution in [0.3, 0.4) is 0 Å². The molecule has 0 spiro atoms. The zero-order valence-electron chi connectivity index (χ0n) is 11.8. The molecular formula is C16H19N3O. The van der Waals surface area contributed by atoms with Crippen LogP contribution in [0, 0.1) is 0 Å². The van der Waals surface area contributed by atoms with E-state index < -0.39 is 0 Å². The number of rotatable bonds is 5. The van der Waals surface area contributed by atoms with E-state index in [4.69, 9.17) is 0 Å². The fraction of sp³-hybridized carbons (Fsp3) is 0.250. The van der Waals surface area contributed by atoms with E-state index in [2.05, 4.69) is 34.3 Å². The zero-order valence-corrected chi connectivity index (χ0v) is 11.8. The van der Waals surface area contributed by atoms with Crippen LogP contribution in [0.1, 0.15) is 17.3 Å². The largest absolute Gasteiger partial charge is 0.370 e. The van der Waals surface area contributed by atoms with Crippen LogP contribution in [0.5, 0.6) is 0 Å². The molecule has 1 unspecified atom stereocenters. The molecule has 1 atom stereocenters. The van der Waals surface area contributed by atoms with Crippen molar-refractivity contribution in [3.05, 3.63) is 60.4 Å². The number of hydrogen-bond acceptors (Lipinski definition) is 3. The fourth-order valence-electron chi connectivity index (χ4n) is 1.90. The monoisotopic (exact) mass is 269 g/mol. The van der Waals surface area contributed by atoms with E-state index in [0.717, 1.165) is 5.69 Å². The third kappa shape index (κ3) is 3.57. The third-order valence-corrected chi connectivity index (χ3v) is 3.33. The molecule has 104 valence electrons. The molecule has 0 aliphatic rings. The first-order valence-electron chi connectivity index (χ1n) is 6.64. The molecule has 0 bridgehead atoms. The SMILES string of the molecule is CC(CNC(=O)c1ccncc1)N(C)c1ccccc1. The molecule has 1 aromatic carbocycles. The lowest BCUT2D eigenvalue weighted by Crippen LogP contribution is -2.40. The van der Waals surface area contributed by atoms with Crippen LogP contribution in [0.4, 0.5) is 5.69 Å². The Morgan fingerprint density at radius 3 is 2.50 bits per heavy atom. The average molecular weight is 269 g/mol. The minimum atomic E-state index is -0.0688. The number of hydrogen-bond donors (Lipinski definition) is 1. The van der Waals surface area contributed by atoms with Crippen LogP contribution in [0.25, 0.3) is 0 Å². The minimum Gasteiger partial charge on any atom is -0.370 e. The average Bonchev–Trinajstić information content (AvgIpc) is 2.53. The number of benzene rings is 1. The van der Waals surface area contributed by atoms with Crippen molar-refractivity contribution in [1.29, 1.82) is 0 Å². The van der Waals surface area contributed by atoms with Crippen LogP contribution < -0.4 is 10.2 Å². The van der Waals surface area contributed by atoms with Crippen molar-refractivity contribution in [2.45, 2.75) is 13.0 Å². The lowest BCUT2D eigenvalue weighted by Gasteiger charge is -2.27. The number of carbonyl (C=O) groups excluding carboxylic acids is 1. The van der Waals surface area contributed by atoms with Gasteiger partial charge in [0.15, 0.2) is 0 Å². The number of carbonyl (C=O) groups is 1. The minimum absolute atomic E-state index is 0.0688. The van der Waals surface area contributed by atoms with Crippen molar-refractivity contribution >= 4 is 11.6 Å². The molecule has 0 aliphatic heterocycles. The van der Waals surface area contributed by atoms with Crippen molar-refractivity contribution in [1.82, 2.24) is 10.3 Å². The number of anilines is 1. The van der Waals surface area contributed by atoms with Crippen molar-refractivity contribution in [2.24, 2.45) is 0 Å². The molecular weight excluding hydrogens is 250 g/mol. The van der Waals surface area contributed by atoms with E-state index in [1.165, 1.54) is 0 Å². The first kappa shape index (κ1) is 14.1. The highest BCUT2D eigenvalue weighted by Gasteiger charge is 2.11. The standard InChI is InChI=1S/C16H19N3O/c1-13(19(2)15-6-4-3-5-7-15)12-18-16(20)14-8-10-17-11-9-14/h3-11,13H,12H2,1-2H3,(H,18,20). The van der Waals surface area contributed by atoms with Gasteiger partial charge in [0.25, 0.3) is 5.91 Å². The van der Waals surface area contributed by atoms with Crippen molar-refractivity contribution in [2.75, 3.05) is 18.5 Å². The van der Waals surface area contributed by atoms with E-state index in [0.29, 0.717) is 12.1 Å². The van der Waals surface area contributed by atoms with E-state index in [9.17, 15) is 4.79 Å². The second-order valence-corrected chi connectivity index (χ2v) is 4.74. The smallest absolute Gasteiger partial charge is 0.251 e. The summed E-state index contributed by atoms with van der Waals surface area (Å²) in [5.41, 5.74) is 1.77. The van der Waals surface area contributed by atoms with Crippen LogP contribution in [-0.4, -0.2) is 30.5 Å². The molecule has 2 aromatic rings. The second kappa shape index (κ2) is 6.70. The van der Waals surface area contributed by atoms with Gasteiger partial charge in [-0.25, -0.2) is 0 Å². The van der Waals surface area contributed by atoms with Gasteiger partial charge in [-0.1, -0.05) is 18.2 Å². The summed E-state index contributed by atoms with van der Waals surface area (Å²) in [5, 5.41) is 2.94. The zero-order chi connectivity index (χ0) is 14.4. The quantitative estimate of drug-likeness (QED) is 0.906. The van der Waals surface area contributed by atoms with E-state index >= 15 is 0 Å². The summed E-state index contributed by atoms with van der Waals surface area (Å²) in [5.74, 6) is -0.0688. The highest BCUT2D eigenvalue weighted by Crippen LogP contribution is 2.13. The molecule has 1 heterocycles. The molecule has 4 nitrogen and oxygen atoms in total. The van der Waals surface area contributed by atoms with E-state index in [1.54, 1.807) is 24.5 Å². The predicted octanol–water partition coefficient (Wildman–Crippen LogP) is 2.34. The van der Waals surface area contributed by atoms with Crippen LogP contribution in [-0.2, 0) is 0 Å². The summed E-state index contributed by atoms with van der Waals surface area (Å²) in [6.45, 7) is 2.67. The molecule has 0 radical (unpaired) electrons. The maximum absolute atomic E-state index is 12.0. The van der Waals surface area contributed by atoms with E-state index in [-0.39, 0.29) is 11.9 Å². The Labute approximate surface area is 119 Å². The van der Waals surface area contributed by atoms with Crippen LogP contribution in [0.15, 0.2) is 54.9 Å². The fourth-order valence-corrected chi connectivity index (χ4v) is 1.90. The lowest BCUT2D eigenvalue weighted by atomic mass is 10.2. The van der Waals surface area contributed by atoms with Gasteiger partial charge < -0.3 is 10.2 Å². The second-order valence-electron chi connectivity index (χ2n) is 4.74. The number of likely N-dealkylation sites (N-methyl/N-ethyl adjacent to an activating group) is 1. The summed E-state index contributed by atoms with van der Waals surface area (Å²) < 4.78 is 0. The van der Waals surface area contributed by atoms with Gasteiger partial charge >= 0.3 is 0 Å². The topological polar surface area (TPSA) is 45.2 Å². The number of para-hydroxylation sites is 1. The Hall–Kier alpha value is -2.36. The Balaban J connectivity index is 1.89. The molecule has 20 heavy (non-hydrogen) atoms. The van der Waals surface area contributed by atoms with Gasteiger partial charge in [-0.3, -0.25) is 9.78 Å². The summed E-state index contributed by atoms with van der Waals surface area (Å²) in [6.07, 6.45) is 3.24. The Bertz CT molecular complexity index is 542. The molecule has 0 fully saturated rings. The summed E-state index contributed by atoms with van der Waals surface area (Å²) >= 11 is 0. The van der Waals surface area contributed by atoms with Crippen molar-refractivity contribution < 1.29 is 4.79 Å². The number of aromatic nitrogens is 1. The normalized spacial score (nSPS) is 11.7. The molecule has 1 amide bonds. The number of amides is 1. The molecule has 0 saturated heterocycles. The van der Waals surface area contributed by atoms with Crippen molar-refractivity contribution in [3.8, 4) is 0 Å². The number of pyridine rings is 1.